The number of likely N-dealkylation sites (N-methyl/N-ethyl adjacent to an activating group) is 1. The minimum atomic E-state index is -0.116. The molecular formula is C16H23N5OS. The quantitative estimate of drug-likeness (QED) is 0.901. The van der Waals surface area contributed by atoms with E-state index in [1.165, 1.54) is 4.88 Å². The maximum Gasteiger partial charge on any atom is 0.272 e. The maximum absolute atomic E-state index is 12.7. The van der Waals surface area contributed by atoms with Crippen molar-refractivity contribution in [2.75, 3.05) is 13.6 Å². The molecule has 0 unspecified atom stereocenters. The smallest absolute Gasteiger partial charge is 0.272 e. The second-order valence-corrected chi connectivity index (χ2v) is 7.38. The first kappa shape index (κ1) is 16.1. The summed E-state index contributed by atoms with van der Waals surface area (Å²) in [6, 6.07) is -0.0615. The van der Waals surface area contributed by atoms with Crippen molar-refractivity contribution in [2.45, 2.75) is 46.2 Å². The van der Waals surface area contributed by atoms with Crippen LogP contribution in [-0.2, 0) is 13.0 Å². The molecule has 0 aliphatic carbocycles. The van der Waals surface area contributed by atoms with Crippen LogP contribution in [0, 0.1) is 13.8 Å². The second-order valence-electron chi connectivity index (χ2n) is 6.15. The Morgan fingerprint density at radius 2 is 2.26 bits per heavy atom. The molecule has 0 aromatic carbocycles. The van der Waals surface area contributed by atoms with Crippen molar-refractivity contribution in [3.8, 4) is 0 Å². The Balaban J connectivity index is 1.79. The third kappa shape index (κ3) is 3.16. The number of fused-ring (bicyclic) bond motifs is 1. The van der Waals surface area contributed by atoms with Crippen molar-refractivity contribution in [3.05, 3.63) is 32.5 Å². The van der Waals surface area contributed by atoms with E-state index in [1.807, 2.05) is 6.92 Å². The molecule has 1 atom stereocenters. The third-order valence-corrected chi connectivity index (χ3v) is 5.58. The number of aryl methyl sites for hydroxylation is 2. The highest BCUT2D eigenvalue weighted by molar-refractivity contribution is 7.11. The lowest BCUT2D eigenvalue weighted by molar-refractivity contribution is 0.0928. The molecule has 7 heteroatoms. The predicted molar refractivity (Wildman–Crippen MR) is 90.7 cm³/mol. The summed E-state index contributed by atoms with van der Waals surface area (Å²) in [5.74, 6) is -0.116. The molecule has 0 spiro atoms. The van der Waals surface area contributed by atoms with Crippen molar-refractivity contribution in [1.82, 2.24) is 25.4 Å². The Bertz CT molecular complexity index is 701. The van der Waals surface area contributed by atoms with E-state index in [1.54, 1.807) is 11.3 Å². The van der Waals surface area contributed by atoms with Crippen molar-refractivity contribution < 1.29 is 4.79 Å². The van der Waals surface area contributed by atoms with Gasteiger partial charge in [0.25, 0.3) is 5.91 Å². The molecule has 0 bridgehead atoms. The normalized spacial score (nSPS) is 16.2. The number of nitrogens with one attached hydrogen (secondary N) is 2. The van der Waals surface area contributed by atoms with E-state index in [4.69, 9.17) is 0 Å². The first-order valence-electron chi connectivity index (χ1n) is 7.99. The van der Waals surface area contributed by atoms with Gasteiger partial charge in [-0.2, -0.15) is 5.10 Å². The molecule has 3 heterocycles. The predicted octanol–water partition coefficient (Wildman–Crippen LogP) is 2.35. The fourth-order valence-corrected chi connectivity index (χ4v) is 3.89. The maximum atomic E-state index is 12.7. The van der Waals surface area contributed by atoms with Crippen LogP contribution in [0.1, 0.15) is 56.7 Å². The lowest BCUT2D eigenvalue weighted by Crippen LogP contribution is -2.31. The van der Waals surface area contributed by atoms with Gasteiger partial charge in [0, 0.05) is 35.6 Å². The largest absolute Gasteiger partial charge is 0.341 e. The van der Waals surface area contributed by atoms with Crippen LogP contribution in [0.2, 0.25) is 0 Å². The zero-order valence-electron chi connectivity index (χ0n) is 14.1. The summed E-state index contributed by atoms with van der Waals surface area (Å²) in [5, 5.41) is 11.3. The highest BCUT2D eigenvalue weighted by Gasteiger charge is 2.26. The number of amides is 1. The first-order chi connectivity index (χ1) is 11.0. The van der Waals surface area contributed by atoms with Crippen LogP contribution in [0.3, 0.4) is 0 Å². The molecule has 1 amide bonds. The Morgan fingerprint density at radius 1 is 1.48 bits per heavy atom. The highest BCUT2D eigenvalue weighted by Crippen LogP contribution is 2.26. The number of H-pyrrole nitrogens is 1. The van der Waals surface area contributed by atoms with Gasteiger partial charge in [-0.25, -0.2) is 4.98 Å². The van der Waals surface area contributed by atoms with Gasteiger partial charge in [-0.1, -0.05) is 6.92 Å². The van der Waals surface area contributed by atoms with E-state index in [0.29, 0.717) is 5.69 Å². The molecule has 1 aliphatic rings. The van der Waals surface area contributed by atoms with Crippen LogP contribution < -0.4 is 5.32 Å². The summed E-state index contributed by atoms with van der Waals surface area (Å²) in [5.41, 5.74) is 3.67. The van der Waals surface area contributed by atoms with Gasteiger partial charge in [0.2, 0.25) is 0 Å². The van der Waals surface area contributed by atoms with Gasteiger partial charge in [-0.15, -0.1) is 11.3 Å². The van der Waals surface area contributed by atoms with Gasteiger partial charge in [0.1, 0.15) is 5.01 Å². The molecule has 23 heavy (non-hydrogen) atoms. The number of rotatable bonds is 4. The summed E-state index contributed by atoms with van der Waals surface area (Å²) in [7, 11) is 2.06. The molecule has 124 valence electrons. The fourth-order valence-electron chi connectivity index (χ4n) is 2.83. The third-order valence-electron chi connectivity index (χ3n) is 4.40. The van der Waals surface area contributed by atoms with Crippen LogP contribution in [0.25, 0.3) is 0 Å². The Kier molecular flexibility index (Phi) is 4.50. The van der Waals surface area contributed by atoms with Crippen molar-refractivity contribution in [3.63, 3.8) is 0 Å². The minimum absolute atomic E-state index is 0.0615. The lowest BCUT2D eigenvalue weighted by Gasteiger charge is -2.22. The van der Waals surface area contributed by atoms with E-state index >= 15 is 0 Å². The topological polar surface area (TPSA) is 73.9 Å². The van der Waals surface area contributed by atoms with Crippen LogP contribution in [0.5, 0.6) is 0 Å². The van der Waals surface area contributed by atoms with Crippen LogP contribution in [0.15, 0.2) is 0 Å². The lowest BCUT2D eigenvalue weighted by atomic mass is 10.1. The van der Waals surface area contributed by atoms with Crippen molar-refractivity contribution in [2.24, 2.45) is 0 Å². The fraction of sp³-hybridized carbons (Fsp3) is 0.562. The van der Waals surface area contributed by atoms with Crippen LogP contribution in [-0.4, -0.2) is 39.6 Å². The Hall–Kier alpha value is -1.73. The van der Waals surface area contributed by atoms with E-state index in [2.05, 4.69) is 46.3 Å². The standard InChI is InChI=1S/C16H23N5OS/c1-5-12(16-17-9(2)10(3)23-16)18-15(22)14-11-8-21(4)7-6-13(11)19-20-14/h12H,5-8H2,1-4H3,(H,18,22)(H,19,20)/t12-/m1/s1. The minimum Gasteiger partial charge on any atom is -0.341 e. The molecule has 0 radical (unpaired) electrons. The number of carbonyl (C=O) groups excluding carboxylic acids is 1. The number of carbonyl (C=O) groups is 1. The zero-order valence-corrected chi connectivity index (χ0v) is 14.9. The van der Waals surface area contributed by atoms with Crippen LogP contribution in [0.4, 0.5) is 0 Å². The summed E-state index contributed by atoms with van der Waals surface area (Å²) in [6.45, 7) is 7.88. The summed E-state index contributed by atoms with van der Waals surface area (Å²) in [6.07, 6.45) is 1.72. The monoisotopic (exact) mass is 333 g/mol. The van der Waals surface area contributed by atoms with Gasteiger partial charge in [-0.05, 0) is 27.3 Å². The first-order valence-corrected chi connectivity index (χ1v) is 8.80. The van der Waals surface area contributed by atoms with E-state index in [-0.39, 0.29) is 11.9 Å². The molecule has 6 nitrogen and oxygen atoms in total. The van der Waals surface area contributed by atoms with Gasteiger partial charge >= 0.3 is 0 Å². The highest BCUT2D eigenvalue weighted by atomic mass is 32.1. The van der Waals surface area contributed by atoms with Gasteiger partial charge in [0.05, 0.1) is 11.7 Å². The number of aromatic amines is 1. The molecule has 0 saturated carbocycles. The summed E-state index contributed by atoms with van der Waals surface area (Å²) < 4.78 is 0. The Labute approximate surface area is 140 Å². The number of hydrogen-bond acceptors (Lipinski definition) is 5. The SMILES string of the molecule is CC[C@@H](NC(=O)c1n[nH]c2c1CN(C)CC2)c1nc(C)c(C)s1. The summed E-state index contributed by atoms with van der Waals surface area (Å²) in [4.78, 5) is 20.7. The summed E-state index contributed by atoms with van der Waals surface area (Å²) >= 11 is 1.65. The van der Waals surface area contributed by atoms with Gasteiger partial charge in [0.15, 0.2) is 5.69 Å². The molecule has 0 fully saturated rings. The molecule has 3 rings (SSSR count). The molecular weight excluding hydrogens is 310 g/mol. The molecule has 2 aromatic rings. The van der Waals surface area contributed by atoms with E-state index < -0.39 is 0 Å². The molecule has 0 saturated heterocycles. The van der Waals surface area contributed by atoms with Gasteiger partial charge in [-0.3, -0.25) is 9.89 Å². The molecule has 2 N–H and O–H groups in total. The van der Waals surface area contributed by atoms with Crippen molar-refractivity contribution >= 4 is 17.2 Å². The molecule has 1 aliphatic heterocycles. The second kappa shape index (κ2) is 6.41. The Morgan fingerprint density at radius 3 is 2.91 bits per heavy atom. The number of thiazole rings is 1. The van der Waals surface area contributed by atoms with E-state index in [9.17, 15) is 4.79 Å². The van der Waals surface area contributed by atoms with Crippen LogP contribution >= 0.6 is 11.3 Å². The number of hydrogen-bond donors (Lipinski definition) is 2. The number of nitrogens with zero attached hydrogens (tertiary/aromatic N) is 3. The number of aromatic nitrogens is 3. The van der Waals surface area contributed by atoms with E-state index in [0.717, 1.165) is 47.9 Å². The average molecular weight is 333 g/mol. The molecule has 2 aromatic heterocycles. The van der Waals surface area contributed by atoms with Crippen molar-refractivity contribution in [1.29, 1.82) is 0 Å². The average Bonchev–Trinajstić information content (AvgIpc) is 3.08. The van der Waals surface area contributed by atoms with Gasteiger partial charge < -0.3 is 10.2 Å². The zero-order chi connectivity index (χ0) is 16.6.